The fourth-order valence-corrected chi connectivity index (χ4v) is 3.13. The second kappa shape index (κ2) is 8.55. The highest BCUT2D eigenvalue weighted by Crippen LogP contribution is 2.35. The molecule has 154 valence electrons. The lowest BCUT2D eigenvalue weighted by Crippen LogP contribution is -2.25. The second-order valence-electron chi connectivity index (χ2n) is 6.94. The van der Waals surface area contributed by atoms with Gasteiger partial charge in [-0.2, -0.15) is 30.9 Å². The smallest absolute Gasteiger partial charge is 0.418 e. The highest BCUT2D eigenvalue weighted by atomic mass is 32.1. The fraction of sp³-hybridized carbons (Fsp3) is 0.526. The molecule has 0 bridgehead atoms. The maximum atomic E-state index is 13.4. The molecule has 2 aromatic heterocycles. The molecule has 0 saturated heterocycles. The van der Waals surface area contributed by atoms with Crippen LogP contribution in [0.2, 0.25) is 0 Å². The highest BCUT2D eigenvalue weighted by Gasteiger charge is 2.35. The zero-order valence-electron chi connectivity index (χ0n) is 16.5. The summed E-state index contributed by atoms with van der Waals surface area (Å²) < 4.78 is 47.1. The van der Waals surface area contributed by atoms with Gasteiger partial charge < -0.3 is 4.74 Å². The first kappa shape index (κ1) is 22.3. The first-order valence-corrected chi connectivity index (χ1v) is 9.39. The van der Waals surface area contributed by atoms with Crippen LogP contribution in [0.3, 0.4) is 0 Å². The Kier molecular flexibility index (Phi) is 6.80. The minimum absolute atomic E-state index is 0.0385. The van der Waals surface area contributed by atoms with Gasteiger partial charge in [-0.05, 0) is 31.4 Å². The summed E-state index contributed by atoms with van der Waals surface area (Å²) in [7, 11) is 1.52. The van der Waals surface area contributed by atoms with E-state index in [4.69, 9.17) is 4.74 Å². The maximum absolute atomic E-state index is 13.4. The number of aryl methyl sites for hydroxylation is 2. The number of hydrogen-bond donors (Lipinski definition) is 1. The molecular formula is C19H24F3N3O2S. The fourth-order valence-electron chi connectivity index (χ4n) is 2.90. The first-order valence-electron chi connectivity index (χ1n) is 8.88. The number of nitrogens with zero attached hydrogens (tertiary/aromatic N) is 3. The summed E-state index contributed by atoms with van der Waals surface area (Å²) in [5.41, 5.74) is 0.346. The molecule has 2 heterocycles. The van der Waals surface area contributed by atoms with Gasteiger partial charge in [-0.15, -0.1) is 0 Å². The van der Waals surface area contributed by atoms with E-state index in [0.29, 0.717) is 16.8 Å². The Morgan fingerprint density at radius 1 is 1.29 bits per heavy atom. The molecular weight excluding hydrogens is 391 g/mol. The predicted octanol–water partition coefficient (Wildman–Crippen LogP) is 4.24. The van der Waals surface area contributed by atoms with Crippen molar-refractivity contribution in [2.75, 3.05) is 6.61 Å². The quantitative estimate of drug-likeness (QED) is 0.717. The molecule has 0 fully saturated rings. The normalized spacial score (nSPS) is 13.1. The van der Waals surface area contributed by atoms with Crippen LogP contribution in [0.4, 0.5) is 13.2 Å². The molecule has 0 N–H and O–H groups in total. The van der Waals surface area contributed by atoms with Crippen molar-refractivity contribution >= 4 is 12.6 Å². The van der Waals surface area contributed by atoms with Crippen LogP contribution in [0.5, 0.6) is 5.75 Å². The number of thiol groups is 1. The van der Waals surface area contributed by atoms with Crippen molar-refractivity contribution in [2.45, 2.75) is 51.5 Å². The number of ether oxygens (including phenoxy) is 1. The maximum Gasteiger partial charge on any atom is 0.418 e. The number of rotatable bonds is 6. The van der Waals surface area contributed by atoms with E-state index in [1.165, 1.54) is 17.9 Å². The summed E-state index contributed by atoms with van der Waals surface area (Å²) >= 11 is 4.30. The van der Waals surface area contributed by atoms with Crippen LogP contribution in [0, 0.1) is 6.92 Å². The predicted molar refractivity (Wildman–Crippen MR) is 104 cm³/mol. The molecule has 1 unspecified atom stereocenters. The van der Waals surface area contributed by atoms with Crippen molar-refractivity contribution in [3.8, 4) is 5.75 Å². The Balaban J connectivity index is 2.27. The monoisotopic (exact) mass is 415 g/mol. The SMILES string of the molecule is Cc1nc(C(C)C)c(C(F)(F)F)cc1CCOc1cnn(C)c(=O)c1C(C)S. The molecule has 0 aliphatic heterocycles. The van der Waals surface area contributed by atoms with Gasteiger partial charge in [-0.25, -0.2) is 4.68 Å². The van der Waals surface area contributed by atoms with Crippen LogP contribution >= 0.6 is 12.6 Å². The lowest BCUT2D eigenvalue weighted by molar-refractivity contribution is -0.138. The third-order valence-corrected chi connectivity index (χ3v) is 4.64. The molecule has 0 radical (unpaired) electrons. The average molecular weight is 415 g/mol. The molecule has 2 aromatic rings. The molecule has 0 saturated carbocycles. The summed E-state index contributed by atoms with van der Waals surface area (Å²) in [4.78, 5) is 16.4. The van der Waals surface area contributed by atoms with E-state index in [1.807, 2.05) is 0 Å². The molecule has 0 spiro atoms. The summed E-state index contributed by atoms with van der Waals surface area (Å²) in [6.45, 7) is 6.87. The van der Waals surface area contributed by atoms with Crippen molar-refractivity contribution in [1.82, 2.24) is 14.8 Å². The Hall–Kier alpha value is -2.03. The molecule has 5 nitrogen and oxygen atoms in total. The van der Waals surface area contributed by atoms with E-state index in [1.54, 1.807) is 27.7 Å². The van der Waals surface area contributed by atoms with Gasteiger partial charge in [0.15, 0.2) is 0 Å². The van der Waals surface area contributed by atoms with E-state index in [9.17, 15) is 18.0 Å². The van der Waals surface area contributed by atoms with Gasteiger partial charge in [0.1, 0.15) is 5.75 Å². The summed E-state index contributed by atoms with van der Waals surface area (Å²) in [6.07, 6.45) is -2.84. The summed E-state index contributed by atoms with van der Waals surface area (Å²) in [5, 5.41) is 3.55. The molecule has 0 amide bonds. The third-order valence-electron chi connectivity index (χ3n) is 4.38. The molecule has 9 heteroatoms. The number of halogens is 3. The molecule has 0 aromatic carbocycles. The number of alkyl halides is 3. The topological polar surface area (TPSA) is 57.0 Å². The number of hydrogen-bond acceptors (Lipinski definition) is 5. The van der Waals surface area contributed by atoms with Crippen molar-refractivity contribution in [1.29, 1.82) is 0 Å². The van der Waals surface area contributed by atoms with E-state index in [0.717, 1.165) is 6.07 Å². The van der Waals surface area contributed by atoms with Crippen LogP contribution in [-0.4, -0.2) is 21.4 Å². The Labute approximate surface area is 167 Å². The van der Waals surface area contributed by atoms with Crippen LogP contribution in [-0.2, 0) is 19.6 Å². The lowest BCUT2D eigenvalue weighted by atomic mass is 9.99. The van der Waals surface area contributed by atoms with E-state index >= 15 is 0 Å². The Morgan fingerprint density at radius 2 is 1.93 bits per heavy atom. The van der Waals surface area contributed by atoms with Crippen LogP contribution in [0.1, 0.15) is 60.0 Å². The van der Waals surface area contributed by atoms with Crippen molar-refractivity contribution in [3.63, 3.8) is 0 Å². The molecule has 0 aliphatic rings. The van der Waals surface area contributed by atoms with Gasteiger partial charge in [0.25, 0.3) is 5.56 Å². The first-order chi connectivity index (χ1) is 12.9. The average Bonchev–Trinajstić information content (AvgIpc) is 2.57. The van der Waals surface area contributed by atoms with Gasteiger partial charge in [0, 0.05) is 24.4 Å². The lowest BCUT2D eigenvalue weighted by Gasteiger charge is -2.18. The van der Waals surface area contributed by atoms with Gasteiger partial charge in [0.05, 0.1) is 29.6 Å². The zero-order valence-corrected chi connectivity index (χ0v) is 17.4. The second-order valence-corrected chi connectivity index (χ2v) is 7.72. The minimum Gasteiger partial charge on any atom is -0.491 e. The van der Waals surface area contributed by atoms with E-state index < -0.39 is 11.7 Å². The van der Waals surface area contributed by atoms with Crippen molar-refractivity contribution < 1.29 is 17.9 Å². The minimum atomic E-state index is -4.47. The van der Waals surface area contributed by atoms with E-state index in [-0.39, 0.29) is 41.2 Å². The van der Waals surface area contributed by atoms with Gasteiger partial charge in [-0.3, -0.25) is 9.78 Å². The number of aromatic nitrogens is 3. The third kappa shape index (κ3) is 4.87. The standard InChI is InChI=1S/C19H24F3N3O2S/c1-10(2)17-14(19(20,21)22)8-13(11(3)24-17)6-7-27-15-9-23-25(5)18(26)16(15)12(4)28/h8-10,12,28H,6-7H2,1-5H3. The van der Waals surface area contributed by atoms with E-state index in [2.05, 4.69) is 22.7 Å². The highest BCUT2D eigenvalue weighted by molar-refractivity contribution is 7.80. The Bertz CT molecular complexity index is 909. The van der Waals surface area contributed by atoms with Crippen LogP contribution in [0.15, 0.2) is 17.1 Å². The van der Waals surface area contributed by atoms with Crippen molar-refractivity contribution in [2.24, 2.45) is 7.05 Å². The van der Waals surface area contributed by atoms with Crippen molar-refractivity contribution in [3.05, 3.63) is 50.7 Å². The van der Waals surface area contributed by atoms with Gasteiger partial charge in [-0.1, -0.05) is 13.8 Å². The molecule has 2 rings (SSSR count). The molecule has 28 heavy (non-hydrogen) atoms. The summed E-state index contributed by atoms with van der Waals surface area (Å²) in [5.74, 6) is -0.0577. The molecule has 0 aliphatic carbocycles. The zero-order chi connectivity index (χ0) is 21.2. The summed E-state index contributed by atoms with van der Waals surface area (Å²) in [6, 6.07) is 1.14. The molecule has 1 atom stereocenters. The van der Waals surface area contributed by atoms with Crippen LogP contribution < -0.4 is 10.3 Å². The number of pyridine rings is 1. The van der Waals surface area contributed by atoms with Gasteiger partial charge >= 0.3 is 6.18 Å². The van der Waals surface area contributed by atoms with Gasteiger partial charge in [0.2, 0.25) is 0 Å². The van der Waals surface area contributed by atoms with Crippen LogP contribution in [0.25, 0.3) is 0 Å². The Morgan fingerprint density at radius 3 is 2.46 bits per heavy atom. The largest absolute Gasteiger partial charge is 0.491 e.